The molecule has 0 spiro atoms. The Hall–Kier alpha value is -3.69. The number of amides is 4. The molecule has 1 aromatic heterocycles. The lowest BCUT2D eigenvalue weighted by Crippen LogP contribution is -2.43. The van der Waals surface area contributed by atoms with Gasteiger partial charge in [0.1, 0.15) is 17.8 Å². The third kappa shape index (κ3) is 3.43. The summed E-state index contributed by atoms with van der Waals surface area (Å²) in [4.78, 5) is 48.6. The smallest absolute Gasteiger partial charge is 0.325 e. The standard InChI is InChI=1S/C18H18N4O6/c1-11(14-7-4-8-28-14)19-15(23)10-21-16(24)18(2,20-17(21)25)12-5-3-6-13(9-12)22(26)27/h3-9,11H,10H2,1-2H3,(H,19,23)(H,20,25). The summed E-state index contributed by atoms with van der Waals surface area (Å²) in [6.07, 6.45) is 1.47. The molecule has 1 aromatic carbocycles. The average molecular weight is 386 g/mol. The van der Waals surface area contributed by atoms with E-state index in [1.54, 1.807) is 19.1 Å². The number of benzene rings is 1. The highest BCUT2D eigenvalue weighted by molar-refractivity contribution is 6.09. The van der Waals surface area contributed by atoms with E-state index >= 15 is 0 Å². The fourth-order valence-electron chi connectivity index (χ4n) is 3.01. The number of hydrogen-bond acceptors (Lipinski definition) is 6. The van der Waals surface area contributed by atoms with Crippen molar-refractivity contribution in [3.63, 3.8) is 0 Å². The van der Waals surface area contributed by atoms with E-state index in [1.165, 1.54) is 37.5 Å². The second-order valence-electron chi connectivity index (χ2n) is 6.56. The quantitative estimate of drug-likeness (QED) is 0.442. The fourth-order valence-corrected chi connectivity index (χ4v) is 3.01. The van der Waals surface area contributed by atoms with Crippen LogP contribution in [0.3, 0.4) is 0 Å². The van der Waals surface area contributed by atoms with E-state index in [2.05, 4.69) is 10.6 Å². The van der Waals surface area contributed by atoms with Gasteiger partial charge in [-0.05, 0) is 31.5 Å². The zero-order chi connectivity index (χ0) is 20.5. The maximum absolute atomic E-state index is 12.8. The molecule has 28 heavy (non-hydrogen) atoms. The number of imide groups is 1. The van der Waals surface area contributed by atoms with Crippen LogP contribution in [0.4, 0.5) is 10.5 Å². The molecule has 2 aromatic rings. The van der Waals surface area contributed by atoms with Crippen LogP contribution in [-0.2, 0) is 15.1 Å². The topological polar surface area (TPSA) is 135 Å². The van der Waals surface area contributed by atoms with Gasteiger partial charge in [-0.1, -0.05) is 12.1 Å². The summed E-state index contributed by atoms with van der Waals surface area (Å²) in [6, 6.07) is 7.63. The molecular weight excluding hydrogens is 368 g/mol. The third-order valence-corrected chi connectivity index (χ3v) is 4.56. The largest absolute Gasteiger partial charge is 0.467 e. The summed E-state index contributed by atoms with van der Waals surface area (Å²) in [5.41, 5.74) is -1.45. The van der Waals surface area contributed by atoms with Gasteiger partial charge >= 0.3 is 6.03 Å². The highest BCUT2D eigenvalue weighted by Crippen LogP contribution is 2.30. The van der Waals surface area contributed by atoms with Crippen LogP contribution < -0.4 is 10.6 Å². The molecule has 3 rings (SSSR count). The van der Waals surface area contributed by atoms with Gasteiger partial charge in [0.15, 0.2) is 0 Å². The van der Waals surface area contributed by atoms with Crippen molar-refractivity contribution in [3.05, 3.63) is 64.1 Å². The van der Waals surface area contributed by atoms with Crippen LogP contribution in [0.15, 0.2) is 47.1 Å². The number of nitro groups is 1. The van der Waals surface area contributed by atoms with Crippen molar-refractivity contribution in [3.8, 4) is 0 Å². The Morgan fingerprint density at radius 3 is 2.75 bits per heavy atom. The van der Waals surface area contributed by atoms with Gasteiger partial charge in [0.2, 0.25) is 5.91 Å². The highest BCUT2D eigenvalue weighted by Gasteiger charge is 2.49. The van der Waals surface area contributed by atoms with E-state index in [-0.39, 0.29) is 11.3 Å². The summed E-state index contributed by atoms with van der Waals surface area (Å²) in [6.45, 7) is 2.66. The molecule has 2 heterocycles. The average Bonchev–Trinajstić information content (AvgIpc) is 3.26. The summed E-state index contributed by atoms with van der Waals surface area (Å²) in [7, 11) is 0. The maximum Gasteiger partial charge on any atom is 0.325 e. The Balaban J connectivity index is 1.75. The highest BCUT2D eigenvalue weighted by atomic mass is 16.6. The predicted molar refractivity (Wildman–Crippen MR) is 96.0 cm³/mol. The Kier molecular flexibility index (Phi) is 4.87. The molecule has 4 amide bonds. The van der Waals surface area contributed by atoms with Crippen LogP contribution in [0.1, 0.15) is 31.2 Å². The number of urea groups is 1. The Bertz CT molecular complexity index is 941. The molecule has 10 heteroatoms. The van der Waals surface area contributed by atoms with Gasteiger partial charge in [0.25, 0.3) is 11.6 Å². The zero-order valence-electron chi connectivity index (χ0n) is 15.2. The number of hydrogen-bond donors (Lipinski definition) is 2. The first-order valence-corrected chi connectivity index (χ1v) is 8.44. The number of rotatable bonds is 6. The van der Waals surface area contributed by atoms with E-state index in [0.717, 1.165) is 4.90 Å². The molecule has 0 saturated carbocycles. The lowest BCUT2D eigenvalue weighted by Gasteiger charge is -2.22. The molecule has 0 aliphatic carbocycles. The van der Waals surface area contributed by atoms with Gasteiger partial charge in [0.05, 0.1) is 17.2 Å². The molecular formula is C18H18N4O6. The van der Waals surface area contributed by atoms with Gasteiger partial charge in [-0.2, -0.15) is 0 Å². The number of furan rings is 1. The monoisotopic (exact) mass is 386 g/mol. The molecule has 0 bridgehead atoms. The third-order valence-electron chi connectivity index (χ3n) is 4.56. The van der Waals surface area contributed by atoms with E-state index in [1.807, 2.05) is 0 Å². The van der Waals surface area contributed by atoms with E-state index in [9.17, 15) is 24.5 Å². The summed E-state index contributed by atoms with van der Waals surface area (Å²) >= 11 is 0. The number of non-ortho nitro benzene ring substituents is 1. The Morgan fingerprint density at radius 2 is 2.11 bits per heavy atom. The van der Waals surface area contributed by atoms with Gasteiger partial charge < -0.3 is 15.1 Å². The lowest BCUT2D eigenvalue weighted by molar-refractivity contribution is -0.385. The second-order valence-corrected chi connectivity index (χ2v) is 6.56. The number of carbonyl (C=O) groups excluding carboxylic acids is 3. The van der Waals surface area contributed by atoms with Crippen molar-refractivity contribution in [2.24, 2.45) is 0 Å². The van der Waals surface area contributed by atoms with Crippen LogP contribution in [0.2, 0.25) is 0 Å². The molecule has 1 aliphatic heterocycles. The number of nitrogens with zero attached hydrogens (tertiary/aromatic N) is 2. The van der Waals surface area contributed by atoms with Crippen molar-refractivity contribution in [2.75, 3.05) is 6.54 Å². The molecule has 146 valence electrons. The van der Waals surface area contributed by atoms with E-state index < -0.39 is 40.9 Å². The summed E-state index contributed by atoms with van der Waals surface area (Å²) in [5, 5.41) is 16.2. The van der Waals surface area contributed by atoms with Crippen LogP contribution in [-0.4, -0.2) is 34.2 Å². The SMILES string of the molecule is CC(NC(=O)CN1C(=O)NC(C)(c2cccc([N+](=O)[O-])c2)C1=O)c1ccco1. The van der Waals surface area contributed by atoms with Crippen LogP contribution in [0.5, 0.6) is 0 Å². The second kappa shape index (κ2) is 7.14. The molecule has 10 nitrogen and oxygen atoms in total. The number of nitrogens with one attached hydrogen (secondary N) is 2. The first-order valence-electron chi connectivity index (χ1n) is 8.44. The summed E-state index contributed by atoms with van der Waals surface area (Å²) < 4.78 is 5.20. The van der Waals surface area contributed by atoms with Gasteiger partial charge in [-0.3, -0.25) is 24.6 Å². The van der Waals surface area contributed by atoms with Crippen molar-refractivity contribution >= 4 is 23.5 Å². The number of nitro benzene ring substituents is 1. The van der Waals surface area contributed by atoms with Gasteiger partial charge in [-0.15, -0.1) is 0 Å². The Labute approximate surface area is 159 Å². The minimum absolute atomic E-state index is 0.204. The van der Waals surface area contributed by atoms with Crippen molar-refractivity contribution in [1.82, 2.24) is 15.5 Å². The minimum Gasteiger partial charge on any atom is -0.467 e. The molecule has 1 saturated heterocycles. The zero-order valence-corrected chi connectivity index (χ0v) is 15.2. The number of carbonyl (C=O) groups is 3. The molecule has 0 radical (unpaired) electrons. The molecule has 1 fully saturated rings. The Morgan fingerprint density at radius 1 is 1.36 bits per heavy atom. The first-order chi connectivity index (χ1) is 13.2. The fraction of sp³-hybridized carbons (Fsp3) is 0.278. The minimum atomic E-state index is -1.50. The molecule has 1 aliphatic rings. The van der Waals surface area contributed by atoms with Crippen molar-refractivity contribution in [2.45, 2.75) is 25.4 Å². The summed E-state index contributed by atoms with van der Waals surface area (Å²) in [5.74, 6) is -0.679. The van der Waals surface area contributed by atoms with Gasteiger partial charge in [0, 0.05) is 12.1 Å². The van der Waals surface area contributed by atoms with E-state index in [0.29, 0.717) is 5.76 Å². The van der Waals surface area contributed by atoms with Crippen molar-refractivity contribution < 1.29 is 23.7 Å². The first kappa shape index (κ1) is 19.1. The van der Waals surface area contributed by atoms with Crippen LogP contribution in [0, 0.1) is 10.1 Å². The van der Waals surface area contributed by atoms with Crippen LogP contribution in [0.25, 0.3) is 0 Å². The van der Waals surface area contributed by atoms with Crippen LogP contribution >= 0.6 is 0 Å². The normalized spacial score (nSPS) is 20.0. The molecule has 2 N–H and O–H groups in total. The van der Waals surface area contributed by atoms with Gasteiger partial charge in [-0.25, -0.2) is 4.79 Å². The van der Waals surface area contributed by atoms with Crippen molar-refractivity contribution in [1.29, 1.82) is 0 Å². The molecule has 2 atom stereocenters. The molecule has 2 unspecified atom stereocenters. The predicted octanol–water partition coefficient (Wildman–Crippen LogP) is 1.83. The van der Waals surface area contributed by atoms with E-state index in [4.69, 9.17) is 4.42 Å². The maximum atomic E-state index is 12.8. The lowest BCUT2D eigenvalue weighted by atomic mass is 9.91.